The Labute approximate surface area is 182 Å². The summed E-state index contributed by atoms with van der Waals surface area (Å²) in [5, 5.41) is 6.83. The van der Waals surface area contributed by atoms with E-state index < -0.39 is 10.0 Å². The predicted molar refractivity (Wildman–Crippen MR) is 120 cm³/mol. The molecule has 1 aliphatic rings. The van der Waals surface area contributed by atoms with E-state index >= 15 is 0 Å². The molecular formula is C23H28N4O3S. The number of sulfonamides is 1. The number of nitrogens with one attached hydrogen (secondary N) is 1. The Bertz CT molecular complexity index is 1250. The Morgan fingerprint density at radius 1 is 1.03 bits per heavy atom. The third-order valence-electron chi connectivity index (χ3n) is 6.09. The number of aryl methyl sites for hydroxylation is 3. The molecule has 0 bridgehead atoms. The minimum Gasteiger partial charge on any atom is -0.247 e. The topological polar surface area (TPSA) is 88.1 Å². The maximum Gasteiger partial charge on any atom is 0.347 e. The molecule has 0 saturated carbocycles. The lowest BCUT2D eigenvalue weighted by Gasteiger charge is -2.31. The summed E-state index contributed by atoms with van der Waals surface area (Å²) in [4.78, 5) is 12.8. The van der Waals surface area contributed by atoms with Crippen molar-refractivity contribution >= 4 is 10.0 Å². The lowest BCUT2D eigenvalue weighted by molar-refractivity contribution is 0.269. The maximum atomic E-state index is 13.1. The van der Waals surface area contributed by atoms with Gasteiger partial charge in [0.1, 0.15) is 5.82 Å². The summed E-state index contributed by atoms with van der Waals surface area (Å²) in [6.45, 7) is 6.71. The first-order valence-corrected chi connectivity index (χ1v) is 12.0. The third-order valence-corrected chi connectivity index (χ3v) is 8.15. The van der Waals surface area contributed by atoms with Crippen LogP contribution in [0.2, 0.25) is 0 Å². The van der Waals surface area contributed by atoms with Crippen LogP contribution in [0.3, 0.4) is 0 Å². The Morgan fingerprint density at radius 2 is 1.74 bits per heavy atom. The summed E-state index contributed by atoms with van der Waals surface area (Å²) in [6.07, 6.45) is 2.10. The van der Waals surface area contributed by atoms with Crippen molar-refractivity contribution in [3.63, 3.8) is 0 Å². The Hall–Kier alpha value is -2.71. The second-order valence-corrected chi connectivity index (χ2v) is 10.3. The number of aromatic amines is 1. The zero-order valence-electron chi connectivity index (χ0n) is 18.1. The van der Waals surface area contributed by atoms with Crippen LogP contribution in [0, 0.1) is 26.7 Å². The summed E-state index contributed by atoms with van der Waals surface area (Å²) in [7, 11) is -3.50. The zero-order chi connectivity index (χ0) is 22.2. The molecule has 164 valence electrons. The first-order valence-electron chi connectivity index (χ1n) is 10.6. The predicted octanol–water partition coefficient (Wildman–Crippen LogP) is 3.13. The van der Waals surface area contributed by atoms with E-state index in [-0.39, 0.29) is 11.6 Å². The quantitative estimate of drug-likeness (QED) is 0.660. The van der Waals surface area contributed by atoms with Crippen molar-refractivity contribution in [2.45, 2.75) is 44.9 Å². The lowest BCUT2D eigenvalue weighted by atomic mass is 9.94. The standard InChI is InChI=1S/C23H28N4O3S/c1-16-8-9-21(18(3)14-16)31(29,30)26-12-10-19(11-13-26)15-22-24-25-23(28)27(22)20-7-5-4-6-17(20)2/h4-9,14,19H,10-13,15H2,1-3H3,(H,25,28). The molecule has 4 rings (SSSR count). The second-order valence-electron chi connectivity index (χ2n) is 8.39. The van der Waals surface area contributed by atoms with Gasteiger partial charge in [-0.2, -0.15) is 9.40 Å². The van der Waals surface area contributed by atoms with Crippen LogP contribution in [0.15, 0.2) is 52.2 Å². The molecule has 1 fully saturated rings. The molecule has 8 heteroatoms. The molecule has 2 aromatic carbocycles. The Kier molecular flexibility index (Phi) is 5.85. The molecule has 0 unspecified atom stereocenters. The molecule has 0 spiro atoms. The molecule has 1 saturated heterocycles. The number of aromatic nitrogens is 3. The van der Waals surface area contributed by atoms with Gasteiger partial charge in [0.15, 0.2) is 0 Å². The minimum absolute atomic E-state index is 0.251. The average molecular weight is 441 g/mol. The number of rotatable bonds is 5. The monoisotopic (exact) mass is 440 g/mol. The van der Waals surface area contributed by atoms with E-state index in [0.717, 1.165) is 35.2 Å². The van der Waals surface area contributed by atoms with Crippen LogP contribution in [-0.4, -0.2) is 40.6 Å². The first kappa shape index (κ1) is 21.5. The van der Waals surface area contributed by atoms with E-state index in [9.17, 15) is 13.2 Å². The number of para-hydroxylation sites is 1. The van der Waals surface area contributed by atoms with Crippen molar-refractivity contribution in [3.8, 4) is 5.69 Å². The fourth-order valence-corrected chi connectivity index (χ4v) is 6.04. The number of piperidine rings is 1. The molecule has 2 heterocycles. The van der Waals surface area contributed by atoms with Crippen molar-refractivity contribution in [1.82, 2.24) is 19.1 Å². The van der Waals surface area contributed by atoms with E-state index in [4.69, 9.17) is 0 Å². The SMILES string of the molecule is Cc1ccc(S(=O)(=O)N2CCC(Cc3n[nH]c(=O)n3-c3ccccc3C)CC2)c(C)c1. The van der Waals surface area contributed by atoms with Gasteiger partial charge in [-0.25, -0.2) is 22.9 Å². The smallest absolute Gasteiger partial charge is 0.247 e. The van der Waals surface area contributed by atoms with Gasteiger partial charge < -0.3 is 0 Å². The molecular weight excluding hydrogens is 412 g/mol. The number of benzene rings is 2. The van der Waals surface area contributed by atoms with Crippen molar-refractivity contribution in [2.75, 3.05) is 13.1 Å². The molecule has 0 radical (unpaired) electrons. The van der Waals surface area contributed by atoms with E-state index in [1.807, 2.05) is 57.2 Å². The molecule has 31 heavy (non-hydrogen) atoms. The number of hydrogen-bond acceptors (Lipinski definition) is 4. The van der Waals surface area contributed by atoms with Gasteiger partial charge in [-0.15, -0.1) is 0 Å². The van der Waals surface area contributed by atoms with Crippen molar-refractivity contribution in [3.05, 3.63) is 75.5 Å². The summed E-state index contributed by atoms with van der Waals surface area (Å²) in [5.41, 5.74) is 3.40. The van der Waals surface area contributed by atoms with E-state index in [1.165, 1.54) is 0 Å². The summed E-state index contributed by atoms with van der Waals surface area (Å²) < 4.78 is 29.5. The second kappa shape index (κ2) is 8.43. The highest BCUT2D eigenvalue weighted by atomic mass is 32.2. The van der Waals surface area contributed by atoms with Crippen molar-refractivity contribution in [1.29, 1.82) is 0 Å². The zero-order valence-corrected chi connectivity index (χ0v) is 18.9. The summed E-state index contributed by atoms with van der Waals surface area (Å²) in [6, 6.07) is 13.2. The fourth-order valence-electron chi connectivity index (χ4n) is 4.37. The summed E-state index contributed by atoms with van der Waals surface area (Å²) >= 11 is 0. The molecule has 1 aliphatic heterocycles. The first-order chi connectivity index (χ1) is 14.8. The van der Waals surface area contributed by atoms with Gasteiger partial charge in [-0.1, -0.05) is 35.9 Å². The van der Waals surface area contributed by atoms with Crippen LogP contribution in [0.1, 0.15) is 35.4 Å². The minimum atomic E-state index is -3.50. The fraction of sp³-hybridized carbons (Fsp3) is 0.391. The lowest BCUT2D eigenvalue weighted by Crippen LogP contribution is -2.39. The van der Waals surface area contributed by atoms with Gasteiger partial charge in [0.2, 0.25) is 10.0 Å². The molecule has 1 N–H and O–H groups in total. The van der Waals surface area contributed by atoms with Crippen LogP contribution in [0.4, 0.5) is 0 Å². The maximum absolute atomic E-state index is 13.1. The van der Waals surface area contributed by atoms with Gasteiger partial charge in [-0.3, -0.25) is 0 Å². The largest absolute Gasteiger partial charge is 0.347 e. The number of hydrogen-bond donors (Lipinski definition) is 1. The number of nitrogens with zero attached hydrogens (tertiary/aromatic N) is 3. The molecule has 3 aromatic rings. The van der Waals surface area contributed by atoms with E-state index in [0.29, 0.717) is 30.2 Å². The Balaban J connectivity index is 1.49. The van der Waals surface area contributed by atoms with Crippen LogP contribution in [0.5, 0.6) is 0 Å². The van der Waals surface area contributed by atoms with E-state index in [2.05, 4.69) is 10.2 Å². The Morgan fingerprint density at radius 3 is 2.42 bits per heavy atom. The molecule has 1 aromatic heterocycles. The average Bonchev–Trinajstić information content (AvgIpc) is 3.08. The van der Waals surface area contributed by atoms with Gasteiger partial charge in [0, 0.05) is 19.5 Å². The molecule has 0 amide bonds. The third kappa shape index (κ3) is 4.22. The van der Waals surface area contributed by atoms with Crippen LogP contribution >= 0.6 is 0 Å². The van der Waals surface area contributed by atoms with Crippen LogP contribution in [-0.2, 0) is 16.4 Å². The van der Waals surface area contributed by atoms with Gasteiger partial charge in [0.05, 0.1) is 10.6 Å². The number of H-pyrrole nitrogens is 1. The van der Waals surface area contributed by atoms with Crippen LogP contribution < -0.4 is 5.69 Å². The molecule has 7 nitrogen and oxygen atoms in total. The molecule has 0 atom stereocenters. The van der Waals surface area contributed by atoms with Crippen molar-refractivity contribution < 1.29 is 8.42 Å². The van der Waals surface area contributed by atoms with Crippen molar-refractivity contribution in [2.24, 2.45) is 5.92 Å². The summed E-state index contributed by atoms with van der Waals surface area (Å²) in [5.74, 6) is 0.957. The van der Waals surface area contributed by atoms with Gasteiger partial charge in [0.25, 0.3) is 0 Å². The van der Waals surface area contributed by atoms with Gasteiger partial charge in [-0.05, 0) is 62.8 Å². The molecule has 0 aliphatic carbocycles. The van der Waals surface area contributed by atoms with E-state index in [1.54, 1.807) is 14.9 Å². The highest BCUT2D eigenvalue weighted by Gasteiger charge is 2.31. The highest BCUT2D eigenvalue weighted by Crippen LogP contribution is 2.28. The van der Waals surface area contributed by atoms with Gasteiger partial charge >= 0.3 is 5.69 Å². The normalized spacial score (nSPS) is 16.0. The highest BCUT2D eigenvalue weighted by molar-refractivity contribution is 7.89. The van der Waals surface area contributed by atoms with Crippen LogP contribution in [0.25, 0.3) is 5.69 Å².